The van der Waals surface area contributed by atoms with Crippen LogP contribution in [0, 0.1) is 0 Å². The summed E-state index contributed by atoms with van der Waals surface area (Å²) < 4.78 is 11.6. The predicted octanol–water partition coefficient (Wildman–Crippen LogP) is 4.61. The Hall–Kier alpha value is -2.60. The molecule has 0 aliphatic rings. The number of nitrogens with zero attached hydrogens (tertiary/aromatic N) is 1. The number of amides is 1. The van der Waals surface area contributed by atoms with E-state index in [1.54, 1.807) is 35.6 Å². The summed E-state index contributed by atoms with van der Waals surface area (Å²) in [7, 11) is 1.33. The molecule has 1 aromatic heterocycles. The van der Waals surface area contributed by atoms with E-state index in [9.17, 15) is 4.79 Å². The number of methoxy groups -OCH3 is 1. The molecular formula is C17H16N2O3S. The van der Waals surface area contributed by atoms with E-state index >= 15 is 0 Å². The van der Waals surface area contributed by atoms with E-state index in [4.69, 9.17) is 4.74 Å². The lowest BCUT2D eigenvalue weighted by atomic mass is 10.3. The van der Waals surface area contributed by atoms with Crippen molar-refractivity contribution in [2.24, 2.45) is 0 Å². The lowest BCUT2D eigenvalue weighted by Gasteiger charge is -2.12. The highest BCUT2D eigenvalue weighted by Gasteiger charge is 2.13. The average molecular weight is 328 g/mol. The third-order valence-corrected chi connectivity index (χ3v) is 4.45. The molecule has 2 aromatic carbocycles. The highest BCUT2D eigenvalue weighted by atomic mass is 32.1. The molecule has 23 heavy (non-hydrogen) atoms. The molecule has 0 spiro atoms. The molecule has 1 atom stereocenters. The molecule has 0 radical (unpaired) electrons. The van der Waals surface area contributed by atoms with Crippen molar-refractivity contribution in [1.29, 1.82) is 0 Å². The highest BCUT2D eigenvalue weighted by molar-refractivity contribution is 7.18. The first-order chi connectivity index (χ1) is 11.2. The first-order valence-corrected chi connectivity index (χ1v) is 7.94. The number of ether oxygens (including phenoxy) is 2. The second-order valence-electron chi connectivity index (χ2n) is 4.92. The second-order valence-corrected chi connectivity index (χ2v) is 5.98. The number of hydrogen-bond acceptors (Lipinski definition) is 5. The Morgan fingerprint density at radius 3 is 2.61 bits per heavy atom. The summed E-state index contributed by atoms with van der Waals surface area (Å²) >= 11 is 1.63. The van der Waals surface area contributed by atoms with Crippen LogP contribution in [0.4, 0.5) is 10.5 Å². The quantitative estimate of drug-likeness (QED) is 0.759. The average Bonchev–Trinajstić information content (AvgIpc) is 3.00. The molecule has 3 rings (SSSR count). The van der Waals surface area contributed by atoms with Crippen LogP contribution in [0.5, 0.6) is 5.75 Å². The minimum Gasteiger partial charge on any atom is -0.484 e. The van der Waals surface area contributed by atoms with Crippen LogP contribution < -0.4 is 10.1 Å². The van der Waals surface area contributed by atoms with Crippen molar-refractivity contribution in [3.05, 3.63) is 53.5 Å². The van der Waals surface area contributed by atoms with Crippen molar-refractivity contribution in [2.75, 3.05) is 12.4 Å². The molecule has 1 amide bonds. The van der Waals surface area contributed by atoms with Crippen LogP contribution in [0.1, 0.15) is 18.0 Å². The highest BCUT2D eigenvalue weighted by Crippen LogP contribution is 2.29. The fourth-order valence-corrected chi connectivity index (χ4v) is 3.05. The van der Waals surface area contributed by atoms with Gasteiger partial charge in [-0.25, -0.2) is 9.78 Å². The number of nitrogens with one attached hydrogen (secondary N) is 1. The zero-order valence-electron chi connectivity index (χ0n) is 12.8. The van der Waals surface area contributed by atoms with Gasteiger partial charge in [-0.2, -0.15) is 0 Å². The number of carbonyl (C=O) groups is 1. The molecular weight excluding hydrogens is 312 g/mol. The largest absolute Gasteiger partial charge is 0.484 e. The van der Waals surface area contributed by atoms with E-state index in [0.717, 1.165) is 15.2 Å². The van der Waals surface area contributed by atoms with Gasteiger partial charge >= 0.3 is 6.09 Å². The Bertz CT molecular complexity index is 781. The normalized spacial score (nSPS) is 11.9. The number of aromatic nitrogens is 1. The van der Waals surface area contributed by atoms with Gasteiger partial charge in [-0.05, 0) is 43.3 Å². The molecule has 0 saturated heterocycles. The molecule has 3 aromatic rings. The molecule has 1 heterocycles. The standard InChI is InChI=1S/C17H16N2O3S/c1-11(16-19-14-5-3-4-6-15(14)23-16)22-13-9-7-12(8-10-13)18-17(20)21-2/h3-11H,1-2H3,(H,18,20). The Labute approximate surface area is 137 Å². The van der Waals surface area contributed by atoms with Crippen LogP contribution in [0.15, 0.2) is 48.5 Å². The van der Waals surface area contributed by atoms with Crippen molar-refractivity contribution >= 4 is 33.3 Å². The van der Waals surface area contributed by atoms with E-state index in [1.165, 1.54) is 7.11 Å². The van der Waals surface area contributed by atoms with Gasteiger partial charge in [0.25, 0.3) is 0 Å². The smallest absolute Gasteiger partial charge is 0.411 e. The monoisotopic (exact) mass is 328 g/mol. The summed E-state index contributed by atoms with van der Waals surface area (Å²) in [4.78, 5) is 15.7. The molecule has 5 nitrogen and oxygen atoms in total. The zero-order chi connectivity index (χ0) is 16.2. The van der Waals surface area contributed by atoms with Gasteiger partial charge < -0.3 is 9.47 Å². The third-order valence-electron chi connectivity index (χ3n) is 3.26. The van der Waals surface area contributed by atoms with Crippen LogP contribution in [-0.4, -0.2) is 18.2 Å². The summed E-state index contributed by atoms with van der Waals surface area (Å²) in [6.07, 6.45) is -0.645. The summed E-state index contributed by atoms with van der Waals surface area (Å²) in [5.41, 5.74) is 1.64. The number of rotatable bonds is 4. The number of hydrogen-bond donors (Lipinski definition) is 1. The molecule has 6 heteroatoms. The maximum absolute atomic E-state index is 11.1. The van der Waals surface area contributed by atoms with Crippen LogP contribution in [0.2, 0.25) is 0 Å². The van der Waals surface area contributed by atoms with Gasteiger partial charge in [0.1, 0.15) is 16.9 Å². The molecule has 1 N–H and O–H groups in total. The number of carbonyl (C=O) groups excluding carboxylic acids is 1. The Kier molecular flexibility index (Phi) is 4.43. The van der Waals surface area contributed by atoms with Gasteiger partial charge in [-0.1, -0.05) is 12.1 Å². The minimum absolute atomic E-state index is 0.146. The zero-order valence-corrected chi connectivity index (χ0v) is 13.6. The SMILES string of the molecule is COC(=O)Nc1ccc(OC(C)c2nc3ccccc3s2)cc1. The Morgan fingerprint density at radius 2 is 1.91 bits per heavy atom. The molecule has 0 aliphatic carbocycles. The van der Waals surface area contributed by atoms with Gasteiger partial charge in [-0.3, -0.25) is 5.32 Å². The third kappa shape index (κ3) is 3.60. The van der Waals surface area contributed by atoms with Crippen LogP contribution in [-0.2, 0) is 4.74 Å². The lowest BCUT2D eigenvalue weighted by Crippen LogP contribution is -2.10. The van der Waals surface area contributed by atoms with Crippen LogP contribution >= 0.6 is 11.3 Å². The number of para-hydroxylation sites is 1. The lowest BCUT2D eigenvalue weighted by molar-refractivity contribution is 0.187. The fourth-order valence-electron chi connectivity index (χ4n) is 2.10. The van der Waals surface area contributed by atoms with E-state index in [1.807, 2.05) is 25.1 Å². The maximum Gasteiger partial charge on any atom is 0.411 e. The number of thiazole rings is 1. The predicted molar refractivity (Wildman–Crippen MR) is 91.1 cm³/mol. The molecule has 118 valence electrons. The van der Waals surface area contributed by atoms with Crippen molar-refractivity contribution in [1.82, 2.24) is 4.98 Å². The summed E-state index contributed by atoms with van der Waals surface area (Å²) in [6, 6.07) is 15.2. The van der Waals surface area contributed by atoms with E-state index < -0.39 is 6.09 Å². The van der Waals surface area contributed by atoms with E-state index in [-0.39, 0.29) is 6.10 Å². The van der Waals surface area contributed by atoms with Gasteiger partial charge in [0.15, 0.2) is 0 Å². The topological polar surface area (TPSA) is 60.5 Å². The molecule has 0 fully saturated rings. The number of fused-ring (bicyclic) bond motifs is 1. The van der Waals surface area contributed by atoms with E-state index in [0.29, 0.717) is 11.4 Å². The first kappa shape index (κ1) is 15.3. The van der Waals surface area contributed by atoms with Gasteiger partial charge in [0.2, 0.25) is 0 Å². The van der Waals surface area contributed by atoms with Gasteiger partial charge in [0, 0.05) is 5.69 Å². The van der Waals surface area contributed by atoms with Gasteiger partial charge in [0.05, 0.1) is 17.3 Å². The summed E-state index contributed by atoms with van der Waals surface area (Å²) in [5, 5.41) is 3.53. The number of benzene rings is 2. The van der Waals surface area contributed by atoms with Crippen molar-refractivity contribution in [3.63, 3.8) is 0 Å². The van der Waals surface area contributed by atoms with Gasteiger partial charge in [-0.15, -0.1) is 11.3 Å². The molecule has 0 saturated carbocycles. The maximum atomic E-state index is 11.1. The summed E-state index contributed by atoms with van der Waals surface area (Å²) in [6.45, 7) is 1.97. The van der Waals surface area contributed by atoms with Crippen LogP contribution in [0.25, 0.3) is 10.2 Å². The minimum atomic E-state index is -0.499. The molecule has 1 unspecified atom stereocenters. The summed E-state index contributed by atoms with van der Waals surface area (Å²) in [5.74, 6) is 0.715. The molecule has 0 aliphatic heterocycles. The van der Waals surface area contributed by atoms with E-state index in [2.05, 4.69) is 21.1 Å². The first-order valence-electron chi connectivity index (χ1n) is 7.13. The second kappa shape index (κ2) is 6.66. The molecule has 0 bridgehead atoms. The van der Waals surface area contributed by atoms with Crippen molar-refractivity contribution < 1.29 is 14.3 Å². The van der Waals surface area contributed by atoms with Crippen LogP contribution in [0.3, 0.4) is 0 Å². The van der Waals surface area contributed by atoms with Crippen molar-refractivity contribution in [2.45, 2.75) is 13.0 Å². The van der Waals surface area contributed by atoms with Crippen molar-refractivity contribution in [3.8, 4) is 5.75 Å². The number of anilines is 1. The Morgan fingerprint density at radius 1 is 1.17 bits per heavy atom. The Balaban J connectivity index is 1.69. The fraction of sp³-hybridized carbons (Fsp3) is 0.176.